The highest BCUT2D eigenvalue weighted by Crippen LogP contribution is 2.20. The number of aromatic hydroxyl groups is 1. The number of rotatable bonds is 5. The van der Waals surface area contributed by atoms with Gasteiger partial charge in [0.15, 0.2) is 11.9 Å². The average Bonchev–Trinajstić information content (AvgIpc) is 2.53. The number of hydrogen-bond donors (Lipinski definition) is 1. The summed E-state index contributed by atoms with van der Waals surface area (Å²) in [7, 11) is 1.28. The largest absolute Gasteiger partial charge is 0.508 e. The topological polar surface area (TPSA) is 72.8 Å². The molecule has 114 valence electrons. The van der Waals surface area contributed by atoms with Crippen LogP contribution in [0.25, 0.3) is 0 Å². The molecule has 2 aromatic rings. The van der Waals surface area contributed by atoms with E-state index in [1.165, 1.54) is 19.2 Å². The minimum Gasteiger partial charge on any atom is -0.508 e. The van der Waals surface area contributed by atoms with E-state index in [-0.39, 0.29) is 11.5 Å². The first-order valence-electron chi connectivity index (χ1n) is 6.69. The van der Waals surface area contributed by atoms with Crippen molar-refractivity contribution in [1.29, 1.82) is 0 Å². The predicted molar refractivity (Wildman–Crippen MR) is 80.1 cm³/mol. The summed E-state index contributed by atoms with van der Waals surface area (Å²) >= 11 is 0. The number of phenols is 1. The van der Waals surface area contributed by atoms with Crippen LogP contribution in [0.4, 0.5) is 0 Å². The summed E-state index contributed by atoms with van der Waals surface area (Å²) < 4.78 is 10.0. The number of esters is 1. The number of methoxy groups -OCH3 is 1. The third-order valence-corrected chi connectivity index (χ3v) is 3.05. The second kappa shape index (κ2) is 6.76. The maximum Gasteiger partial charge on any atom is 0.346 e. The fourth-order valence-electron chi connectivity index (χ4n) is 1.94. The zero-order valence-electron chi connectivity index (χ0n) is 12.3. The van der Waals surface area contributed by atoms with Crippen molar-refractivity contribution < 1.29 is 24.2 Å². The van der Waals surface area contributed by atoms with Crippen LogP contribution in [0.15, 0.2) is 48.5 Å². The Bertz CT molecular complexity index is 693. The lowest BCUT2D eigenvalue weighted by atomic mass is 10.0. The van der Waals surface area contributed by atoms with Gasteiger partial charge in [0.25, 0.3) is 0 Å². The molecule has 0 aliphatic heterocycles. The molecule has 5 nitrogen and oxygen atoms in total. The number of carbonyl (C=O) groups is 2. The first-order valence-corrected chi connectivity index (χ1v) is 6.69. The van der Waals surface area contributed by atoms with Crippen LogP contribution in [0.3, 0.4) is 0 Å². The van der Waals surface area contributed by atoms with Crippen LogP contribution in [0.5, 0.6) is 11.5 Å². The van der Waals surface area contributed by atoms with Crippen molar-refractivity contribution >= 4 is 11.8 Å². The molecule has 0 saturated heterocycles. The molecule has 0 aliphatic carbocycles. The SMILES string of the molecule is COC(=O)C(C)Oc1cccc(C(=O)c2cccc(O)c2)c1. The maximum absolute atomic E-state index is 12.4. The lowest BCUT2D eigenvalue weighted by molar-refractivity contribution is -0.147. The fraction of sp³-hybridized carbons (Fsp3) is 0.176. The number of hydrogen-bond acceptors (Lipinski definition) is 5. The third-order valence-electron chi connectivity index (χ3n) is 3.05. The van der Waals surface area contributed by atoms with Crippen LogP contribution < -0.4 is 4.74 Å². The van der Waals surface area contributed by atoms with E-state index >= 15 is 0 Å². The third kappa shape index (κ3) is 3.63. The summed E-state index contributed by atoms with van der Waals surface area (Å²) in [6.45, 7) is 1.57. The lowest BCUT2D eigenvalue weighted by Gasteiger charge is -2.13. The Morgan fingerprint density at radius 1 is 1.05 bits per heavy atom. The number of phenolic OH excluding ortho intramolecular Hbond substituents is 1. The molecule has 0 aliphatic rings. The van der Waals surface area contributed by atoms with Crippen molar-refractivity contribution in [3.05, 3.63) is 59.7 Å². The van der Waals surface area contributed by atoms with E-state index < -0.39 is 12.1 Å². The Morgan fingerprint density at radius 3 is 2.32 bits per heavy atom. The van der Waals surface area contributed by atoms with Gasteiger partial charge in [0.2, 0.25) is 0 Å². The van der Waals surface area contributed by atoms with Gasteiger partial charge in [-0.2, -0.15) is 0 Å². The van der Waals surface area contributed by atoms with Gasteiger partial charge >= 0.3 is 5.97 Å². The molecule has 0 radical (unpaired) electrons. The Morgan fingerprint density at radius 2 is 1.68 bits per heavy atom. The molecule has 1 unspecified atom stereocenters. The summed E-state index contributed by atoms with van der Waals surface area (Å²) in [4.78, 5) is 23.7. The van der Waals surface area contributed by atoms with Crippen molar-refractivity contribution in [3.8, 4) is 11.5 Å². The van der Waals surface area contributed by atoms with Gasteiger partial charge in [-0.05, 0) is 31.2 Å². The highest BCUT2D eigenvalue weighted by Gasteiger charge is 2.16. The Labute approximate surface area is 128 Å². The molecule has 1 N–H and O–H groups in total. The summed E-state index contributed by atoms with van der Waals surface area (Å²) in [5.41, 5.74) is 0.776. The van der Waals surface area contributed by atoms with E-state index in [1.54, 1.807) is 43.3 Å². The van der Waals surface area contributed by atoms with Crippen LogP contribution in [0.1, 0.15) is 22.8 Å². The molecule has 0 saturated carbocycles. The van der Waals surface area contributed by atoms with Crippen molar-refractivity contribution in [2.45, 2.75) is 13.0 Å². The van der Waals surface area contributed by atoms with Gasteiger partial charge in [-0.1, -0.05) is 24.3 Å². The van der Waals surface area contributed by atoms with Crippen molar-refractivity contribution in [1.82, 2.24) is 0 Å². The van der Waals surface area contributed by atoms with Crippen LogP contribution in [0.2, 0.25) is 0 Å². The summed E-state index contributed by atoms with van der Waals surface area (Å²) in [6.07, 6.45) is -0.767. The monoisotopic (exact) mass is 300 g/mol. The number of carbonyl (C=O) groups excluding carboxylic acids is 2. The van der Waals surface area contributed by atoms with Gasteiger partial charge in [0.05, 0.1) is 7.11 Å². The maximum atomic E-state index is 12.4. The number of ketones is 1. The molecular weight excluding hydrogens is 284 g/mol. The van der Waals surface area contributed by atoms with E-state index in [0.717, 1.165) is 0 Å². The summed E-state index contributed by atoms with van der Waals surface area (Å²) in [6, 6.07) is 12.6. The smallest absolute Gasteiger partial charge is 0.346 e. The summed E-state index contributed by atoms with van der Waals surface area (Å²) in [5.74, 6) is -0.321. The van der Waals surface area contributed by atoms with E-state index in [4.69, 9.17) is 4.74 Å². The van der Waals surface area contributed by atoms with Crippen LogP contribution in [-0.2, 0) is 9.53 Å². The van der Waals surface area contributed by atoms with Crippen LogP contribution in [-0.4, -0.2) is 30.1 Å². The normalized spacial score (nSPS) is 11.5. The Hall–Kier alpha value is -2.82. The van der Waals surface area contributed by atoms with Gasteiger partial charge in [0.1, 0.15) is 11.5 Å². The Kier molecular flexibility index (Phi) is 4.78. The zero-order valence-corrected chi connectivity index (χ0v) is 12.3. The molecule has 0 amide bonds. The summed E-state index contributed by atoms with van der Waals surface area (Å²) in [5, 5.41) is 9.44. The first kappa shape index (κ1) is 15.6. The molecule has 0 heterocycles. The average molecular weight is 300 g/mol. The minimum absolute atomic E-state index is 0.0255. The van der Waals surface area contributed by atoms with Crippen molar-refractivity contribution in [3.63, 3.8) is 0 Å². The molecule has 5 heteroatoms. The van der Waals surface area contributed by atoms with E-state index in [1.807, 2.05) is 0 Å². The fourth-order valence-corrected chi connectivity index (χ4v) is 1.94. The van der Waals surface area contributed by atoms with Gasteiger partial charge in [-0.15, -0.1) is 0 Å². The molecule has 22 heavy (non-hydrogen) atoms. The van der Waals surface area contributed by atoms with E-state index in [9.17, 15) is 14.7 Å². The highest BCUT2D eigenvalue weighted by molar-refractivity contribution is 6.09. The van der Waals surface area contributed by atoms with Gasteiger partial charge in [0, 0.05) is 11.1 Å². The molecule has 0 spiro atoms. The molecule has 2 aromatic carbocycles. The molecule has 0 aromatic heterocycles. The second-order valence-corrected chi connectivity index (χ2v) is 4.69. The van der Waals surface area contributed by atoms with Gasteiger partial charge < -0.3 is 14.6 Å². The first-order chi connectivity index (χ1) is 10.5. The molecule has 0 fully saturated rings. The van der Waals surface area contributed by atoms with E-state index in [0.29, 0.717) is 16.9 Å². The number of ether oxygens (including phenoxy) is 2. The van der Waals surface area contributed by atoms with Crippen molar-refractivity contribution in [2.75, 3.05) is 7.11 Å². The Balaban J connectivity index is 2.21. The van der Waals surface area contributed by atoms with Gasteiger partial charge in [-0.25, -0.2) is 4.79 Å². The quantitative estimate of drug-likeness (QED) is 0.678. The van der Waals surface area contributed by atoms with E-state index in [2.05, 4.69) is 4.74 Å². The lowest BCUT2D eigenvalue weighted by Crippen LogP contribution is -2.24. The molecular formula is C17H16O5. The van der Waals surface area contributed by atoms with Gasteiger partial charge in [-0.3, -0.25) is 4.79 Å². The molecule has 0 bridgehead atoms. The molecule has 1 atom stereocenters. The highest BCUT2D eigenvalue weighted by atomic mass is 16.6. The standard InChI is InChI=1S/C17H16O5/c1-11(17(20)21-2)22-15-8-4-6-13(10-15)16(19)12-5-3-7-14(18)9-12/h3-11,18H,1-2H3. The van der Waals surface area contributed by atoms with Crippen LogP contribution >= 0.6 is 0 Å². The number of benzene rings is 2. The molecule has 2 rings (SSSR count). The zero-order chi connectivity index (χ0) is 16.1. The van der Waals surface area contributed by atoms with Crippen LogP contribution in [0, 0.1) is 0 Å². The van der Waals surface area contributed by atoms with Crippen molar-refractivity contribution in [2.24, 2.45) is 0 Å². The predicted octanol–water partition coefficient (Wildman–Crippen LogP) is 2.56. The second-order valence-electron chi connectivity index (χ2n) is 4.69. The minimum atomic E-state index is -0.767.